The lowest BCUT2D eigenvalue weighted by Gasteiger charge is -1.86. The zero-order chi connectivity index (χ0) is 7.56. The minimum absolute atomic E-state index is 0.0718. The second-order valence-electron chi connectivity index (χ2n) is 2.12. The van der Waals surface area contributed by atoms with Crippen molar-refractivity contribution in [3.63, 3.8) is 0 Å². The molecule has 0 atom stereocenters. The van der Waals surface area contributed by atoms with Crippen molar-refractivity contribution in [1.82, 2.24) is 4.98 Å². The first-order chi connectivity index (χ1) is 4.77. The maximum absolute atomic E-state index is 8.77. The second-order valence-corrected chi connectivity index (χ2v) is 3.41. The van der Waals surface area contributed by atoms with E-state index in [0.29, 0.717) is 0 Å². The minimum atomic E-state index is 0.0718. The maximum Gasteiger partial charge on any atom is 0.0929 e. The smallest absolute Gasteiger partial charge is 0.0929 e. The van der Waals surface area contributed by atoms with Gasteiger partial charge in [-0.2, -0.15) is 0 Å². The minimum Gasteiger partial charge on any atom is -0.390 e. The van der Waals surface area contributed by atoms with Crippen molar-refractivity contribution in [2.24, 2.45) is 0 Å². The number of nitrogens with zero attached hydrogens (tertiary/aromatic N) is 1. The fourth-order valence-corrected chi connectivity index (χ4v) is 1.67. The Balaban J connectivity index is 2.92. The van der Waals surface area contributed by atoms with E-state index >= 15 is 0 Å². The van der Waals surface area contributed by atoms with E-state index in [0.717, 1.165) is 22.0 Å². The third kappa shape index (κ3) is 1.36. The van der Waals surface area contributed by atoms with Crippen LogP contribution in [0, 0.1) is 6.92 Å². The van der Waals surface area contributed by atoms with Gasteiger partial charge in [0.15, 0.2) is 0 Å². The van der Waals surface area contributed by atoms with Crippen molar-refractivity contribution < 1.29 is 5.11 Å². The highest BCUT2D eigenvalue weighted by molar-refractivity contribution is 7.11. The van der Waals surface area contributed by atoms with Gasteiger partial charge < -0.3 is 5.11 Å². The summed E-state index contributed by atoms with van der Waals surface area (Å²) in [5, 5.41) is 9.88. The third-order valence-electron chi connectivity index (χ3n) is 1.39. The number of hydrogen-bond acceptors (Lipinski definition) is 3. The summed E-state index contributed by atoms with van der Waals surface area (Å²) in [6.45, 7) is 4.13. The van der Waals surface area contributed by atoms with E-state index < -0.39 is 0 Å². The number of aliphatic hydroxyl groups excluding tert-OH is 1. The molecule has 0 spiro atoms. The summed E-state index contributed by atoms with van der Waals surface area (Å²) >= 11 is 1.67. The van der Waals surface area contributed by atoms with Crippen molar-refractivity contribution in [3.05, 3.63) is 15.6 Å². The number of hydrogen-bond donors (Lipinski definition) is 1. The molecule has 1 rings (SSSR count). The van der Waals surface area contributed by atoms with Gasteiger partial charge in [0.2, 0.25) is 0 Å². The quantitative estimate of drug-likeness (QED) is 0.705. The zero-order valence-electron chi connectivity index (χ0n) is 6.22. The summed E-state index contributed by atoms with van der Waals surface area (Å²) in [5.74, 6) is 0. The molecule has 56 valence electrons. The highest BCUT2D eigenvalue weighted by Crippen LogP contribution is 2.17. The number of aliphatic hydroxyl groups is 1. The molecule has 10 heavy (non-hydrogen) atoms. The SMILES string of the molecule is CCc1nc(CO)c(C)s1. The van der Waals surface area contributed by atoms with Crippen LogP contribution in [0.25, 0.3) is 0 Å². The monoisotopic (exact) mass is 157 g/mol. The molecule has 0 radical (unpaired) electrons. The van der Waals surface area contributed by atoms with Crippen molar-refractivity contribution in [2.45, 2.75) is 26.9 Å². The van der Waals surface area contributed by atoms with Gasteiger partial charge in [-0.25, -0.2) is 4.98 Å². The molecular formula is C7H11NOS. The van der Waals surface area contributed by atoms with E-state index in [4.69, 9.17) is 5.11 Å². The van der Waals surface area contributed by atoms with Gasteiger partial charge in [0.25, 0.3) is 0 Å². The van der Waals surface area contributed by atoms with Gasteiger partial charge in [-0.1, -0.05) is 6.92 Å². The number of aromatic nitrogens is 1. The topological polar surface area (TPSA) is 33.1 Å². The van der Waals surface area contributed by atoms with Gasteiger partial charge in [0.1, 0.15) is 0 Å². The Bertz CT molecular complexity index is 219. The van der Waals surface area contributed by atoms with Crippen LogP contribution in [0.5, 0.6) is 0 Å². The van der Waals surface area contributed by atoms with Crippen molar-refractivity contribution in [3.8, 4) is 0 Å². The lowest BCUT2D eigenvalue weighted by Crippen LogP contribution is -1.85. The molecule has 2 nitrogen and oxygen atoms in total. The standard InChI is InChI=1S/C7H11NOS/c1-3-7-8-6(4-9)5(2)10-7/h9H,3-4H2,1-2H3. The summed E-state index contributed by atoms with van der Waals surface area (Å²) in [5.41, 5.74) is 0.835. The van der Waals surface area contributed by atoms with Crippen LogP contribution in [-0.2, 0) is 13.0 Å². The molecule has 0 saturated heterocycles. The molecule has 0 amide bonds. The average molecular weight is 157 g/mol. The Labute approximate surface area is 64.5 Å². The molecule has 1 aromatic rings. The molecule has 0 fully saturated rings. The van der Waals surface area contributed by atoms with Crippen LogP contribution < -0.4 is 0 Å². The third-order valence-corrected chi connectivity index (χ3v) is 2.55. The Morgan fingerprint density at radius 3 is 2.60 bits per heavy atom. The van der Waals surface area contributed by atoms with E-state index in [2.05, 4.69) is 11.9 Å². The molecule has 0 unspecified atom stereocenters. The fraction of sp³-hybridized carbons (Fsp3) is 0.571. The van der Waals surface area contributed by atoms with E-state index in [1.54, 1.807) is 11.3 Å². The number of aryl methyl sites for hydroxylation is 2. The van der Waals surface area contributed by atoms with Gasteiger partial charge in [0.05, 0.1) is 17.3 Å². The number of thiazole rings is 1. The molecule has 0 aliphatic heterocycles. The average Bonchev–Trinajstić information content (AvgIpc) is 2.30. The largest absolute Gasteiger partial charge is 0.390 e. The van der Waals surface area contributed by atoms with Crippen molar-refractivity contribution in [1.29, 1.82) is 0 Å². The van der Waals surface area contributed by atoms with Gasteiger partial charge in [-0.3, -0.25) is 0 Å². The molecule has 3 heteroatoms. The summed E-state index contributed by atoms with van der Waals surface area (Å²) in [7, 11) is 0. The van der Waals surface area contributed by atoms with Gasteiger partial charge in [-0.15, -0.1) is 11.3 Å². The van der Waals surface area contributed by atoms with Crippen LogP contribution in [0.15, 0.2) is 0 Å². The van der Waals surface area contributed by atoms with Gasteiger partial charge in [0, 0.05) is 4.88 Å². The van der Waals surface area contributed by atoms with Crippen LogP contribution in [0.2, 0.25) is 0 Å². The van der Waals surface area contributed by atoms with Crippen LogP contribution in [0.1, 0.15) is 22.5 Å². The fourth-order valence-electron chi connectivity index (χ4n) is 0.786. The Morgan fingerprint density at radius 2 is 2.30 bits per heavy atom. The molecule has 1 heterocycles. The van der Waals surface area contributed by atoms with Crippen molar-refractivity contribution >= 4 is 11.3 Å². The summed E-state index contributed by atoms with van der Waals surface area (Å²) in [6.07, 6.45) is 0.964. The second kappa shape index (κ2) is 3.12. The molecule has 0 bridgehead atoms. The number of rotatable bonds is 2. The van der Waals surface area contributed by atoms with Gasteiger partial charge >= 0.3 is 0 Å². The Morgan fingerprint density at radius 1 is 1.60 bits per heavy atom. The molecule has 1 N–H and O–H groups in total. The van der Waals surface area contributed by atoms with Gasteiger partial charge in [-0.05, 0) is 13.3 Å². The predicted molar refractivity (Wildman–Crippen MR) is 42.2 cm³/mol. The van der Waals surface area contributed by atoms with Crippen LogP contribution in [-0.4, -0.2) is 10.1 Å². The lowest BCUT2D eigenvalue weighted by atomic mass is 10.4. The summed E-state index contributed by atoms with van der Waals surface area (Å²) in [4.78, 5) is 5.35. The first-order valence-electron chi connectivity index (χ1n) is 3.34. The highest BCUT2D eigenvalue weighted by Gasteiger charge is 2.03. The van der Waals surface area contributed by atoms with Crippen LogP contribution in [0.3, 0.4) is 0 Å². The Kier molecular flexibility index (Phi) is 2.40. The molecular weight excluding hydrogens is 146 g/mol. The first kappa shape index (κ1) is 7.69. The van der Waals surface area contributed by atoms with Crippen molar-refractivity contribution in [2.75, 3.05) is 0 Å². The van der Waals surface area contributed by atoms with Crippen LogP contribution >= 0.6 is 11.3 Å². The molecule has 0 aliphatic carbocycles. The zero-order valence-corrected chi connectivity index (χ0v) is 7.03. The molecule has 0 aliphatic rings. The van der Waals surface area contributed by atoms with Crippen LogP contribution in [0.4, 0.5) is 0 Å². The Hall–Kier alpha value is -0.410. The first-order valence-corrected chi connectivity index (χ1v) is 4.15. The van der Waals surface area contributed by atoms with E-state index in [1.807, 2.05) is 6.92 Å². The highest BCUT2D eigenvalue weighted by atomic mass is 32.1. The van der Waals surface area contributed by atoms with E-state index in [-0.39, 0.29) is 6.61 Å². The maximum atomic E-state index is 8.77. The molecule has 1 aromatic heterocycles. The summed E-state index contributed by atoms with van der Waals surface area (Å²) < 4.78 is 0. The van der Waals surface area contributed by atoms with E-state index in [9.17, 15) is 0 Å². The molecule has 0 saturated carbocycles. The predicted octanol–water partition coefficient (Wildman–Crippen LogP) is 1.51. The molecule has 0 aromatic carbocycles. The lowest BCUT2D eigenvalue weighted by molar-refractivity contribution is 0.276. The van der Waals surface area contributed by atoms with E-state index in [1.165, 1.54) is 0 Å². The summed E-state index contributed by atoms with van der Waals surface area (Å²) in [6, 6.07) is 0. The normalized spacial score (nSPS) is 10.3.